The van der Waals surface area contributed by atoms with E-state index in [4.69, 9.17) is 34.4 Å². The first kappa shape index (κ1) is 60.5. The average molecular weight is 991 g/mol. The monoisotopic (exact) mass is 991 g/mol. The predicted octanol–water partition coefficient (Wildman–Crippen LogP) is -5.98. The lowest BCUT2D eigenvalue weighted by Gasteiger charge is -2.36. The van der Waals surface area contributed by atoms with E-state index in [0.717, 1.165) is 6.92 Å². The van der Waals surface area contributed by atoms with Crippen LogP contribution in [0.2, 0.25) is 0 Å². The van der Waals surface area contributed by atoms with Gasteiger partial charge in [0.1, 0.15) is 54.4 Å². The molecule has 25 nitrogen and oxygen atoms in total. The minimum absolute atomic E-state index is 0.0727. The Balaban J connectivity index is 3.02. The van der Waals surface area contributed by atoms with Crippen molar-refractivity contribution < 1.29 is 53.4 Å². The topological polar surface area (TPSA) is 438 Å². The SMILES string of the molecule is CC(C)C[C@@H]1NC(=O)[C@@H](Cc2ccccc2)NC(=O)[C@H](CCN)NC(=O)[C@H](CCCCN)N(C(=O)[C@H](CCN)NC(=O)[C@@H](N)[C@@H](C)O)C(=O)[C@H]([C@@H](C)O)NC(=O)[C@H](CCN)NC(=O)[C@H](CCN)NC1=O. The molecule has 1 heterocycles. The Kier molecular flexibility index (Phi) is 26.6. The normalized spacial score (nSPS) is 24.4. The second kappa shape index (κ2) is 30.8. The second-order valence-corrected chi connectivity index (χ2v) is 17.8. The van der Waals surface area contributed by atoms with Gasteiger partial charge in [-0.05, 0) is 109 Å². The molecule has 1 saturated heterocycles. The predicted molar refractivity (Wildman–Crippen MR) is 258 cm³/mol. The number of nitrogens with zero attached hydrogens (tertiary/aromatic N) is 1. The summed E-state index contributed by atoms with van der Waals surface area (Å²) in [4.78, 5) is 129. The van der Waals surface area contributed by atoms with E-state index in [-0.39, 0.29) is 96.4 Å². The number of carbonyl (C=O) groups is 9. The summed E-state index contributed by atoms with van der Waals surface area (Å²) in [7, 11) is 0. The number of imide groups is 1. The first-order valence-electron chi connectivity index (χ1n) is 23.8. The van der Waals surface area contributed by atoms with Crippen LogP contribution >= 0.6 is 0 Å². The Bertz CT molecular complexity index is 1890. The molecule has 1 aliphatic heterocycles. The van der Waals surface area contributed by atoms with E-state index in [1.54, 1.807) is 44.2 Å². The van der Waals surface area contributed by atoms with Gasteiger partial charge in [-0.3, -0.25) is 48.1 Å². The third-order valence-corrected chi connectivity index (χ3v) is 11.5. The lowest BCUT2D eigenvalue weighted by Crippen LogP contribution is -2.66. The van der Waals surface area contributed by atoms with Crippen LogP contribution in [-0.4, -0.2) is 168 Å². The Labute approximate surface area is 408 Å². The number of unbranched alkanes of at least 4 members (excludes halogenated alkanes) is 1. The molecule has 0 saturated carbocycles. The number of aliphatic hydroxyl groups is 2. The Morgan fingerprint density at radius 1 is 0.614 bits per heavy atom. The maximum absolute atomic E-state index is 15.0. The highest BCUT2D eigenvalue weighted by atomic mass is 16.3. The van der Waals surface area contributed by atoms with Gasteiger partial charge in [0.05, 0.1) is 12.2 Å². The van der Waals surface area contributed by atoms with Gasteiger partial charge < -0.3 is 81.8 Å². The van der Waals surface area contributed by atoms with E-state index >= 15 is 4.79 Å². The minimum atomic E-state index is -2.04. The van der Waals surface area contributed by atoms with Crippen molar-refractivity contribution >= 4 is 53.2 Å². The van der Waals surface area contributed by atoms with Crippen molar-refractivity contribution in [1.29, 1.82) is 0 Å². The van der Waals surface area contributed by atoms with Crippen LogP contribution < -0.4 is 71.6 Å². The van der Waals surface area contributed by atoms with Gasteiger partial charge in [0, 0.05) is 6.42 Å². The molecule has 0 radical (unpaired) electrons. The van der Waals surface area contributed by atoms with Gasteiger partial charge in [-0.25, -0.2) is 0 Å². The number of nitrogens with two attached hydrogens (primary N) is 6. The molecule has 0 aliphatic carbocycles. The fourth-order valence-electron chi connectivity index (χ4n) is 7.57. The maximum atomic E-state index is 15.0. The highest BCUT2D eigenvalue weighted by Crippen LogP contribution is 2.18. The van der Waals surface area contributed by atoms with Crippen molar-refractivity contribution in [2.75, 3.05) is 32.7 Å². The molecule has 394 valence electrons. The molecule has 1 aliphatic rings. The standard InChI is InChI=1S/C45H78N14O11/c1-24(2)22-32-40(65)53-28(13-18-47)37(62)52-30(15-20-49)39(64)58-36(26(4)61)45(70)59(44(69)31(16-21-50)55-43(68)35(51)25(3)60)34(12-8-9-17-46)42(67)54-29(14-19-48)38(63)57-33(41(66)56-32)23-27-10-6-5-7-11-27/h5-7,10-11,24-26,28-36,60-61H,8-9,12-23,46-51H2,1-4H3,(H,52,62)(H,53,65)(H,54,67)(H,55,68)(H,56,66)(H,57,63)(H,58,64)/t25-,26-,28+,29+,30+,31+,32+,33-,34+,35+,36+/m1/s1. The fraction of sp³-hybridized carbons (Fsp3) is 0.667. The molecule has 0 aromatic heterocycles. The molecule has 21 N–H and O–H groups in total. The first-order chi connectivity index (χ1) is 33.1. The number of nitrogens with one attached hydrogen (secondary N) is 7. The summed E-state index contributed by atoms with van der Waals surface area (Å²) in [6.45, 7) is 5.24. The Hall–Kier alpha value is -5.67. The van der Waals surface area contributed by atoms with Crippen LogP contribution in [0.5, 0.6) is 0 Å². The van der Waals surface area contributed by atoms with Crippen LogP contribution in [0.3, 0.4) is 0 Å². The molecule has 2 rings (SSSR count). The second-order valence-electron chi connectivity index (χ2n) is 17.8. The minimum Gasteiger partial charge on any atom is -0.391 e. The van der Waals surface area contributed by atoms with Crippen LogP contribution in [0.4, 0.5) is 0 Å². The molecule has 11 atom stereocenters. The lowest BCUT2D eigenvalue weighted by atomic mass is 9.99. The van der Waals surface area contributed by atoms with Gasteiger partial charge >= 0.3 is 0 Å². The van der Waals surface area contributed by atoms with Gasteiger partial charge in [-0.15, -0.1) is 0 Å². The molecule has 25 heteroatoms. The number of benzene rings is 1. The Morgan fingerprint density at radius 2 is 1.09 bits per heavy atom. The summed E-state index contributed by atoms with van der Waals surface area (Å²) in [5, 5.41) is 39.1. The van der Waals surface area contributed by atoms with Crippen LogP contribution in [-0.2, 0) is 49.6 Å². The van der Waals surface area contributed by atoms with Crippen LogP contribution in [0.15, 0.2) is 30.3 Å². The largest absolute Gasteiger partial charge is 0.391 e. The molecule has 9 amide bonds. The molecule has 1 fully saturated rings. The summed E-state index contributed by atoms with van der Waals surface area (Å²) in [5.74, 6) is -9.46. The maximum Gasteiger partial charge on any atom is 0.255 e. The molecular weight excluding hydrogens is 913 g/mol. The van der Waals surface area contributed by atoms with Crippen molar-refractivity contribution in [1.82, 2.24) is 42.1 Å². The van der Waals surface area contributed by atoms with E-state index in [0.29, 0.717) is 10.5 Å². The smallest absolute Gasteiger partial charge is 0.255 e. The van der Waals surface area contributed by atoms with Gasteiger partial charge in [0.25, 0.3) is 11.8 Å². The van der Waals surface area contributed by atoms with Crippen molar-refractivity contribution in [3.8, 4) is 0 Å². The first-order valence-corrected chi connectivity index (χ1v) is 23.8. The number of hydrogen-bond acceptors (Lipinski definition) is 17. The van der Waals surface area contributed by atoms with E-state index in [1.165, 1.54) is 6.92 Å². The van der Waals surface area contributed by atoms with E-state index < -0.39 is 120 Å². The highest BCUT2D eigenvalue weighted by Gasteiger charge is 2.44. The zero-order valence-electron chi connectivity index (χ0n) is 40.7. The third kappa shape index (κ3) is 18.9. The summed E-state index contributed by atoms with van der Waals surface area (Å²) in [5.41, 5.74) is 35.8. The van der Waals surface area contributed by atoms with Crippen LogP contribution in [0, 0.1) is 5.92 Å². The van der Waals surface area contributed by atoms with Crippen molar-refractivity contribution in [3.05, 3.63) is 35.9 Å². The molecule has 0 spiro atoms. The molecule has 0 unspecified atom stereocenters. The van der Waals surface area contributed by atoms with E-state index in [9.17, 15) is 48.6 Å². The zero-order chi connectivity index (χ0) is 52.7. The van der Waals surface area contributed by atoms with Crippen LogP contribution in [0.1, 0.15) is 84.6 Å². The molecular formula is C45H78N14O11. The quantitative estimate of drug-likeness (QED) is 0.0510. The number of aliphatic hydroxyl groups excluding tert-OH is 2. The lowest BCUT2D eigenvalue weighted by molar-refractivity contribution is -0.158. The molecule has 0 bridgehead atoms. The number of amides is 9. The van der Waals surface area contributed by atoms with Crippen molar-refractivity contribution in [2.24, 2.45) is 40.3 Å². The average Bonchev–Trinajstić information content (AvgIpc) is 3.30. The fourth-order valence-corrected chi connectivity index (χ4v) is 7.57. The third-order valence-electron chi connectivity index (χ3n) is 11.5. The number of carbonyl (C=O) groups excluding carboxylic acids is 9. The van der Waals surface area contributed by atoms with Crippen LogP contribution in [0.25, 0.3) is 0 Å². The number of rotatable bonds is 21. The molecule has 70 heavy (non-hydrogen) atoms. The Morgan fingerprint density at radius 3 is 1.56 bits per heavy atom. The summed E-state index contributed by atoms with van der Waals surface area (Å²) < 4.78 is 0. The summed E-state index contributed by atoms with van der Waals surface area (Å²) in [6, 6.07) is -5.67. The van der Waals surface area contributed by atoms with Crippen molar-refractivity contribution in [3.63, 3.8) is 0 Å². The van der Waals surface area contributed by atoms with Gasteiger partial charge in [0.15, 0.2) is 0 Å². The molecule has 1 aromatic carbocycles. The van der Waals surface area contributed by atoms with Crippen molar-refractivity contribution in [2.45, 2.75) is 152 Å². The number of hydrogen-bond donors (Lipinski definition) is 15. The van der Waals surface area contributed by atoms with Gasteiger partial charge in [-0.2, -0.15) is 0 Å². The van der Waals surface area contributed by atoms with E-state index in [2.05, 4.69) is 37.2 Å². The summed E-state index contributed by atoms with van der Waals surface area (Å²) >= 11 is 0. The van der Waals surface area contributed by atoms with Gasteiger partial charge in [0.2, 0.25) is 41.4 Å². The zero-order valence-corrected chi connectivity index (χ0v) is 40.7. The molecule has 1 aromatic rings. The van der Waals surface area contributed by atoms with Gasteiger partial charge in [-0.1, -0.05) is 44.2 Å². The summed E-state index contributed by atoms with van der Waals surface area (Å²) in [6.07, 6.45) is -4.21. The van der Waals surface area contributed by atoms with E-state index in [1.807, 2.05) is 0 Å². The highest BCUT2D eigenvalue weighted by molar-refractivity contribution is 6.07.